The summed E-state index contributed by atoms with van der Waals surface area (Å²) >= 11 is 0. The highest BCUT2D eigenvalue weighted by molar-refractivity contribution is 5.38. The molecule has 1 aliphatic carbocycles. The molecule has 1 saturated carbocycles. The molecule has 0 bridgehead atoms. The predicted octanol–water partition coefficient (Wildman–Crippen LogP) is 1.12. The van der Waals surface area contributed by atoms with Gasteiger partial charge in [-0.2, -0.15) is 0 Å². The fourth-order valence-electron chi connectivity index (χ4n) is 0.995. The van der Waals surface area contributed by atoms with E-state index in [2.05, 4.69) is 18.6 Å². The maximum atomic E-state index is 9.60. The first kappa shape index (κ1) is 6.59. The number of hydrogen-bond acceptors (Lipinski definition) is 2. The standard InChI is InChI=1S/C7H11O2/c1-7(2)3-6(7)4-9-5-8/h6H,3-4H2,1-2H3. The van der Waals surface area contributed by atoms with Crippen molar-refractivity contribution in [3.63, 3.8) is 0 Å². The van der Waals surface area contributed by atoms with Crippen LogP contribution < -0.4 is 0 Å². The fraction of sp³-hybridized carbons (Fsp3) is 0.857. The Kier molecular flexibility index (Phi) is 1.47. The van der Waals surface area contributed by atoms with Gasteiger partial charge < -0.3 is 4.74 Å². The molecule has 2 nitrogen and oxygen atoms in total. The number of ether oxygens (including phenoxy) is 1. The lowest BCUT2D eigenvalue weighted by Gasteiger charge is -1.98. The zero-order valence-electron chi connectivity index (χ0n) is 5.81. The minimum Gasteiger partial charge on any atom is -0.457 e. The van der Waals surface area contributed by atoms with Crippen molar-refractivity contribution in [2.75, 3.05) is 6.61 Å². The molecule has 1 atom stereocenters. The van der Waals surface area contributed by atoms with Gasteiger partial charge in [0.1, 0.15) is 0 Å². The van der Waals surface area contributed by atoms with E-state index in [0.29, 0.717) is 17.9 Å². The fourth-order valence-corrected chi connectivity index (χ4v) is 0.995. The second-order valence-electron chi connectivity index (χ2n) is 3.28. The van der Waals surface area contributed by atoms with Crippen LogP contribution in [0.15, 0.2) is 0 Å². The topological polar surface area (TPSA) is 26.3 Å². The lowest BCUT2D eigenvalue weighted by molar-refractivity contribution is 0.248. The first-order valence-electron chi connectivity index (χ1n) is 3.16. The summed E-state index contributed by atoms with van der Waals surface area (Å²) < 4.78 is 4.49. The van der Waals surface area contributed by atoms with Gasteiger partial charge in [0.05, 0.1) is 6.61 Å². The first-order chi connectivity index (χ1) is 4.17. The van der Waals surface area contributed by atoms with Gasteiger partial charge in [-0.3, -0.25) is 0 Å². The summed E-state index contributed by atoms with van der Waals surface area (Å²) in [5.41, 5.74) is 0.414. The predicted molar refractivity (Wildman–Crippen MR) is 33.5 cm³/mol. The van der Waals surface area contributed by atoms with E-state index in [9.17, 15) is 4.79 Å². The summed E-state index contributed by atoms with van der Waals surface area (Å²) in [5, 5.41) is 0. The van der Waals surface area contributed by atoms with Gasteiger partial charge in [0.15, 0.2) is 0 Å². The smallest absolute Gasteiger partial charge is 0.417 e. The zero-order chi connectivity index (χ0) is 6.91. The molecule has 0 N–H and O–H groups in total. The van der Waals surface area contributed by atoms with Crippen molar-refractivity contribution in [2.24, 2.45) is 11.3 Å². The van der Waals surface area contributed by atoms with Crippen LogP contribution in [-0.2, 0) is 9.53 Å². The Hall–Kier alpha value is -0.530. The minimum atomic E-state index is 0.414. The molecule has 0 spiro atoms. The molecule has 1 rings (SSSR count). The molecule has 2 heteroatoms. The van der Waals surface area contributed by atoms with Crippen molar-refractivity contribution < 1.29 is 9.53 Å². The van der Waals surface area contributed by atoms with Crippen LogP contribution in [0.5, 0.6) is 0 Å². The van der Waals surface area contributed by atoms with Crippen molar-refractivity contribution in [1.82, 2.24) is 0 Å². The highest BCUT2D eigenvalue weighted by Crippen LogP contribution is 2.51. The molecule has 0 aromatic heterocycles. The molecule has 1 aliphatic rings. The van der Waals surface area contributed by atoms with Crippen molar-refractivity contribution in [1.29, 1.82) is 0 Å². The molecule has 1 radical (unpaired) electrons. The average molecular weight is 127 g/mol. The molecule has 0 aliphatic heterocycles. The Bertz CT molecular complexity index is 118. The zero-order valence-corrected chi connectivity index (χ0v) is 5.81. The molecule has 1 unspecified atom stereocenters. The van der Waals surface area contributed by atoms with Crippen LogP contribution in [0.1, 0.15) is 20.3 Å². The summed E-state index contributed by atoms with van der Waals surface area (Å²) in [6.07, 6.45) is 1.18. The average Bonchev–Trinajstić information content (AvgIpc) is 2.35. The van der Waals surface area contributed by atoms with Crippen LogP contribution in [0, 0.1) is 11.3 Å². The second-order valence-corrected chi connectivity index (χ2v) is 3.28. The van der Waals surface area contributed by atoms with Gasteiger partial charge in [0, 0.05) is 0 Å². The third kappa shape index (κ3) is 1.44. The van der Waals surface area contributed by atoms with Gasteiger partial charge in [0.25, 0.3) is 0 Å². The minimum absolute atomic E-state index is 0.414. The molecular formula is C7H11O2. The van der Waals surface area contributed by atoms with Crippen molar-refractivity contribution >= 4 is 6.47 Å². The van der Waals surface area contributed by atoms with Gasteiger partial charge in [0.2, 0.25) is 0 Å². The van der Waals surface area contributed by atoms with Gasteiger partial charge in [-0.15, -0.1) is 0 Å². The number of hydrogen-bond donors (Lipinski definition) is 0. The maximum absolute atomic E-state index is 9.60. The first-order valence-corrected chi connectivity index (χ1v) is 3.16. The van der Waals surface area contributed by atoms with Gasteiger partial charge in [-0.1, -0.05) is 13.8 Å². The Balaban J connectivity index is 2.12. The van der Waals surface area contributed by atoms with Crippen LogP contribution in [0.4, 0.5) is 0 Å². The van der Waals surface area contributed by atoms with Crippen molar-refractivity contribution in [2.45, 2.75) is 20.3 Å². The summed E-state index contributed by atoms with van der Waals surface area (Å²) in [6, 6.07) is 0. The highest BCUT2D eigenvalue weighted by atomic mass is 16.5. The van der Waals surface area contributed by atoms with Crippen molar-refractivity contribution in [3.05, 3.63) is 0 Å². The lowest BCUT2D eigenvalue weighted by atomic mass is 10.1. The quantitative estimate of drug-likeness (QED) is 0.567. The normalized spacial score (nSPS) is 29.3. The van der Waals surface area contributed by atoms with E-state index in [1.54, 1.807) is 0 Å². The molecule has 9 heavy (non-hydrogen) atoms. The molecular weight excluding hydrogens is 116 g/mol. The van der Waals surface area contributed by atoms with Crippen molar-refractivity contribution in [3.8, 4) is 0 Å². The Morgan fingerprint density at radius 3 is 2.67 bits per heavy atom. The molecule has 1 fully saturated rings. The Morgan fingerprint density at radius 1 is 1.78 bits per heavy atom. The Labute approximate surface area is 55.2 Å². The number of carbonyl (C=O) groups excluding carboxylic acids is 1. The van der Waals surface area contributed by atoms with Crippen LogP contribution in [0.25, 0.3) is 0 Å². The van der Waals surface area contributed by atoms with E-state index in [0.717, 1.165) is 0 Å². The third-order valence-electron chi connectivity index (χ3n) is 2.06. The van der Waals surface area contributed by atoms with Gasteiger partial charge in [-0.25, -0.2) is 4.79 Å². The van der Waals surface area contributed by atoms with E-state index in [1.165, 1.54) is 12.9 Å². The molecule has 0 aromatic rings. The summed E-state index contributed by atoms with van der Waals surface area (Å²) in [5.74, 6) is 0.582. The highest BCUT2D eigenvalue weighted by Gasteiger charge is 2.45. The molecule has 0 saturated heterocycles. The summed E-state index contributed by atoms with van der Waals surface area (Å²) in [6.45, 7) is 6.32. The van der Waals surface area contributed by atoms with Gasteiger partial charge >= 0.3 is 6.47 Å². The largest absolute Gasteiger partial charge is 0.457 e. The molecule has 51 valence electrons. The van der Waals surface area contributed by atoms with Crippen LogP contribution in [-0.4, -0.2) is 13.1 Å². The Morgan fingerprint density at radius 2 is 2.33 bits per heavy atom. The van der Waals surface area contributed by atoms with E-state index >= 15 is 0 Å². The third-order valence-corrected chi connectivity index (χ3v) is 2.06. The SMILES string of the molecule is CC1(C)CC1CO[C]=O. The van der Waals surface area contributed by atoms with E-state index in [1.807, 2.05) is 0 Å². The van der Waals surface area contributed by atoms with Crippen LogP contribution >= 0.6 is 0 Å². The molecule has 0 amide bonds. The van der Waals surface area contributed by atoms with Gasteiger partial charge in [-0.05, 0) is 17.8 Å². The molecule has 0 heterocycles. The van der Waals surface area contributed by atoms with Crippen LogP contribution in [0.2, 0.25) is 0 Å². The maximum Gasteiger partial charge on any atom is 0.417 e. The summed E-state index contributed by atoms with van der Waals surface area (Å²) in [7, 11) is 0. The number of rotatable bonds is 3. The van der Waals surface area contributed by atoms with Crippen LogP contribution in [0.3, 0.4) is 0 Å². The lowest BCUT2D eigenvalue weighted by Crippen LogP contribution is -1.99. The monoisotopic (exact) mass is 127 g/mol. The van der Waals surface area contributed by atoms with E-state index in [4.69, 9.17) is 0 Å². The van der Waals surface area contributed by atoms with E-state index in [-0.39, 0.29) is 0 Å². The summed E-state index contributed by atoms with van der Waals surface area (Å²) in [4.78, 5) is 9.60. The molecule has 0 aromatic carbocycles. The second kappa shape index (κ2) is 2.01. The van der Waals surface area contributed by atoms with E-state index < -0.39 is 0 Å².